The number of amides is 2. The quantitative estimate of drug-likeness (QED) is 0.777. The zero-order chi connectivity index (χ0) is 15.3. The lowest BCUT2D eigenvalue weighted by Gasteiger charge is -2.26. The van der Waals surface area contributed by atoms with Crippen molar-refractivity contribution in [1.82, 2.24) is 10.3 Å². The smallest absolute Gasteiger partial charge is 0.337 e. The third-order valence-corrected chi connectivity index (χ3v) is 5.18. The second-order valence-corrected chi connectivity index (χ2v) is 6.44. The molecule has 0 unspecified atom stereocenters. The number of aromatic carboxylic acids is 1. The lowest BCUT2D eigenvalue weighted by Crippen LogP contribution is -2.40. The van der Waals surface area contributed by atoms with Crippen molar-refractivity contribution in [3.05, 3.63) is 24.0 Å². The number of aromatic nitrogens is 1. The molecule has 0 bridgehead atoms. The number of pyridine rings is 1. The highest BCUT2D eigenvalue weighted by molar-refractivity contribution is 8.00. The van der Waals surface area contributed by atoms with E-state index in [0.29, 0.717) is 12.2 Å². The Morgan fingerprint density at radius 3 is 2.71 bits per heavy atom. The van der Waals surface area contributed by atoms with Gasteiger partial charge in [-0.1, -0.05) is 12.8 Å². The molecule has 1 aromatic rings. The summed E-state index contributed by atoms with van der Waals surface area (Å²) in [5.74, 6) is -1.07. The number of hydrogen-bond donors (Lipinski definition) is 3. The number of hydrogen-bond acceptors (Lipinski definition) is 4. The molecule has 6 nitrogen and oxygen atoms in total. The number of carbonyl (C=O) groups excluding carboxylic acids is 1. The molecular weight excluding hydrogens is 290 g/mol. The van der Waals surface area contributed by atoms with Crippen LogP contribution in [0.4, 0.5) is 10.5 Å². The van der Waals surface area contributed by atoms with Gasteiger partial charge in [-0.3, -0.25) is 4.98 Å². The Labute approximate surface area is 127 Å². The Morgan fingerprint density at radius 2 is 2.10 bits per heavy atom. The minimum Gasteiger partial charge on any atom is -0.478 e. The van der Waals surface area contributed by atoms with Crippen molar-refractivity contribution in [2.45, 2.75) is 30.4 Å². The van der Waals surface area contributed by atoms with Gasteiger partial charge >= 0.3 is 12.0 Å². The molecule has 2 amide bonds. The number of nitrogens with one attached hydrogen (secondary N) is 2. The molecule has 1 aromatic heterocycles. The first-order valence-electron chi connectivity index (χ1n) is 6.83. The van der Waals surface area contributed by atoms with Crippen LogP contribution in [0.1, 0.15) is 36.0 Å². The van der Waals surface area contributed by atoms with Gasteiger partial charge in [-0.05, 0) is 25.2 Å². The van der Waals surface area contributed by atoms with E-state index in [9.17, 15) is 9.59 Å². The number of carboxylic acid groups (broad SMARTS) is 1. The van der Waals surface area contributed by atoms with Gasteiger partial charge in [-0.2, -0.15) is 11.8 Å². The number of carbonyl (C=O) groups is 2. The molecule has 1 heterocycles. The van der Waals surface area contributed by atoms with E-state index in [1.54, 1.807) is 11.8 Å². The van der Waals surface area contributed by atoms with E-state index in [-0.39, 0.29) is 16.3 Å². The van der Waals surface area contributed by atoms with E-state index in [1.165, 1.54) is 31.3 Å². The van der Waals surface area contributed by atoms with Gasteiger partial charge in [0.1, 0.15) is 0 Å². The molecule has 21 heavy (non-hydrogen) atoms. The molecule has 1 fully saturated rings. The molecule has 1 aliphatic rings. The van der Waals surface area contributed by atoms with Crippen molar-refractivity contribution in [3.8, 4) is 0 Å². The minimum atomic E-state index is -1.07. The first-order chi connectivity index (χ1) is 10.0. The third kappa shape index (κ3) is 4.10. The predicted molar refractivity (Wildman–Crippen MR) is 82.9 cm³/mol. The van der Waals surface area contributed by atoms with E-state index in [1.807, 2.05) is 0 Å². The van der Waals surface area contributed by atoms with Gasteiger partial charge in [-0.15, -0.1) is 0 Å². The molecule has 2 rings (SSSR count). The molecule has 0 aliphatic heterocycles. The van der Waals surface area contributed by atoms with Gasteiger partial charge in [0.2, 0.25) is 0 Å². The lowest BCUT2D eigenvalue weighted by atomic mass is 10.1. The van der Waals surface area contributed by atoms with Crippen LogP contribution in [0.25, 0.3) is 0 Å². The summed E-state index contributed by atoms with van der Waals surface area (Å²) in [4.78, 5) is 26.5. The Hall–Kier alpha value is -1.76. The third-order valence-electron chi connectivity index (χ3n) is 3.76. The summed E-state index contributed by atoms with van der Waals surface area (Å²) in [6, 6.07) is 1.05. The van der Waals surface area contributed by atoms with Crippen LogP contribution in [0.2, 0.25) is 0 Å². The Morgan fingerprint density at radius 1 is 1.38 bits per heavy atom. The van der Waals surface area contributed by atoms with Gasteiger partial charge < -0.3 is 15.7 Å². The first-order valence-corrected chi connectivity index (χ1v) is 8.05. The lowest BCUT2D eigenvalue weighted by molar-refractivity contribution is 0.0696. The number of carboxylic acids is 1. The fraction of sp³-hybridized carbons (Fsp3) is 0.500. The van der Waals surface area contributed by atoms with Crippen molar-refractivity contribution in [3.63, 3.8) is 0 Å². The Bertz CT molecular complexity index is 530. The molecule has 0 radical (unpaired) electrons. The largest absolute Gasteiger partial charge is 0.478 e. The number of nitrogens with zero attached hydrogens (tertiary/aromatic N) is 1. The van der Waals surface area contributed by atoms with Gasteiger partial charge in [0.05, 0.1) is 17.4 Å². The maximum atomic E-state index is 11.9. The Kier molecular flexibility index (Phi) is 5.06. The maximum Gasteiger partial charge on any atom is 0.337 e. The van der Waals surface area contributed by atoms with Gasteiger partial charge in [-0.25, -0.2) is 9.59 Å². The van der Waals surface area contributed by atoms with Crippen LogP contribution in [0.5, 0.6) is 0 Å². The molecule has 7 heteroatoms. The van der Waals surface area contributed by atoms with Crippen molar-refractivity contribution in [2.75, 3.05) is 18.1 Å². The summed E-state index contributed by atoms with van der Waals surface area (Å²) in [5.41, 5.74) is 0.418. The average molecular weight is 309 g/mol. The zero-order valence-corrected chi connectivity index (χ0v) is 12.7. The van der Waals surface area contributed by atoms with Crippen LogP contribution in [0.15, 0.2) is 18.5 Å². The first kappa shape index (κ1) is 15.6. The van der Waals surface area contributed by atoms with Gasteiger partial charge in [0.15, 0.2) is 0 Å². The average Bonchev–Trinajstić information content (AvgIpc) is 2.95. The van der Waals surface area contributed by atoms with Crippen molar-refractivity contribution in [2.24, 2.45) is 0 Å². The van der Waals surface area contributed by atoms with E-state index >= 15 is 0 Å². The maximum absolute atomic E-state index is 11.9. The van der Waals surface area contributed by atoms with Gasteiger partial charge in [0, 0.05) is 17.5 Å². The molecule has 0 aromatic carbocycles. The van der Waals surface area contributed by atoms with E-state index in [0.717, 1.165) is 12.8 Å². The molecule has 0 atom stereocenters. The topological polar surface area (TPSA) is 91.3 Å². The SMILES string of the molecule is CSC1(CNC(=O)Nc2cncc(C(=O)O)c2)CCCC1. The molecule has 1 saturated carbocycles. The van der Waals surface area contributed by atoms with Crippen LogP contribution in [0.3, 0.4) is 0 Å². The summed E-state index contributed by atoms with van der Waals surface area (Å²) < 4.78 is 0.137. The second kappa shape index (κ2) is 6.80. The summed E-state index contributed by atoms with van der Waals surface area (Å²) in [6.07, 6.45) is 9.38. The highest BCUT2D eigenvalue weighted by Gasteiger charge is 2.33. The second-order valence-electron chi connectivity index (χ2n) is 5.17. The van der Waals surface area contributed by atoms with Crippen molar-refractivity contribution >= 4 is 29.4 Å². The number of rotatable bonds is 5. The van der Waals surface area contributed by atoms with Crippen molar-refractivity contribution in [1.29, 1.82) is 0 Å². The van der Waals surface area contributed by atoms with Gasteiger partial charge in [0.25, 0.3) is 0 Å². The van der Waals surface area contributed by atoms with E-state index < -0.39 is 5.97 Å². The zero-order valence-electron chi connectivity index (χ0n) is 11.9. The van der Waals surface area contributed by atoms with E-state index in [4.69, 9.17) is 5.11 Å². The number of anilines is 1. The summed E-state index contributed by atoms with van der Waals surface area (Å²) in [5, 5.41) is 14.4. The summed E-state index contributed by atoms with van der Waals surface area (Å²) >= 11 is 1.80. The molecule has 1 aliphatic carbocycles. The highest BCUT2D eigenvalue weighted by Crippen LogP contribution is 2.39. The van der Waals surface area contributed by atoms with E-state index in [2.05, 4.69) is 21.9 Å². The number of urea groups is 1. The summed E-state index contributed by atoms with van der Waals surface area (Å²) in [6.45, 7) is 0.617. The highest BCUT2D eigenvalue weighted by atomic mass is 32.2. The van der Waals surface area contributed by atoms with Crippen LogP contribution in [-0.4, -0.2) is 39.6 Å². The molecular formula is C14H19N3O3S. The standard InChI is InChI=1S/C14H19N3O3S/c1-21-14(4-2-3-5-14)9-16-13(20)17-11-6-10(12(18)19)7-15-8-11/h6-8H,2-5,9H2,1H3,(H,18,19)(H2,16,17,20). The van der Waals surface area contributed by atoms with Crippen LogP contribution < -0.4 is 10.6 Å². The molecule has 0 spiro atoms. The fourth-order valence-corrected chi connectivity index (χ4v) is 3.43. The number of thioether (sulfide) groups is 1. The van der Waals surface area contributed by atoms with Crippen LogP contribution in [0, 0.1) is 0 Å². The minimum absolute atomic E-state index is 0.0455. The van der Waals surface area contributed by atoms with Crippen LogP contribution in [-0.2, 0) is 0 Å². The summed E-state index contributed by atoms with van der Waals surface area (Å²) in [7, 11) is 0. The predicted octanol–water partition coefficient (Wildman–Crippen LogP) is 2.58. The fourth-order valence-electron chi connectivity index (χ4n) is 2.51. The molecule has 114 valence electrons. The Balaban J connectivity index is 1.90. The molecule has 3 N–H and O–H groups in total. The molecule has 0 saturated heterocycles. The van der Waals surface area contributed by atoms with Crippen molar-refractivity contribution < 1.29 is 14.7 Å². The normalized spacial score (nSPS) is 16.4. The van der Waals surface area contributed by atoms with Crippen LogP contribution >= 0.6 is 11.8 Å². The monoisotopic (exact) mass is 309 g/mol.